The molecule has 1 saturated carbocycles. The van der Waals surface area contributed by atoms with Gasteiger partial charge < -0.3 is 4.74 Å². The largest absolute Gasteiger partial charge is 0.487 e. The molecule has 0 unspecified atom stereocenters. The molecule has 1 fully saturated rings. The normalized spacial score (nSPS) is 18.4. The van der Waals surface area contributed by atoms with Crippen molar-refractivity contribution in [2.45, 2.75) is 44.9 Å². The van der Waals surface area contributed by atoms with Crippen LogP contribution in [0.25, 0.3) is 11.1 Å². The predicted molar refractivity (Wildman–Crippen MR) is 118 cm³/mol. The summed E-state index contributed by atoms with van der Waals surface area (Å²) in [7, 11) is 0. The maximum absolute atomic E-state index is 14.1. The number of benzene rings is 3. The van der Waals surface area contributed by atoms with E-state index in [4.69, 9.17) is 4.74 Å². The Morgan fingerprint density at radius 2 is 1.30 bits per heavy atom. The fraction of sp³-hybridized carbons (Fsp3) is 0.333. The van der Waals surface area contributed by atoms with Gasteiger partial charge >= 0.3 is 0 Å². The molecule has 0 atom stereocenters. The Kier molecular flexibility index (Phi) is 7.01. The summed E-state index contributed by atoms with van der Waals surface area (Å²) in [4.78, 5) is 0. The fourth-order valence-electron chi connectivity index (χ4n) is 4.49. The lowest BCUT2D eigenvalue weighted by Gasteiger charge is -2.29. The van der Waals surface area contributed by atoms with Crippen LogP contribution in [-0.4, -0.2) is 6.61 Å². The van der Waals surface area contributed by atoms with Crippen LogP contribution in [0.5, 0.6) is 5.75 Å². The van der Waals surface area contributed by atoms with Gasteiger partial charge in [0.15, 0.2) is 34.8 Å². The summed E-state index contributed by atoms with van der Waals surface area (Å²) >= 11 is 0. The molecule has 1 aliphatic rings. The third-order valence-corrected chi connectivity index (χ3v) is 6.48. The summed E-state index contributed by atoms with van der Waals surface area (Å²) in [5.74, 6) is -4.99. The second-order valence-corrected chi connectivity index (χ2v) is 8.65. The SMILES string of the molecule is CCc1cc(F)c(OCC2CCC(c3ccc(-c4cc(F)c(F)c(F)c4)cc3)CC2)c(F)c1. The molecule has 0 N–H and O–H groups in total. The summed E-state index contributed by atoms with van der Waals surface area (Å²) in [6.07, 6.45) is 4.12. The third kappa shape index (κ3) is 5.21. The minimum atomic E-state index is -1.47. The van der Waals surface area contributed by atoms with Crippen molar-refractivity contribution >= 4 is 0 Å². The molecule has 1 aliphatic carbocycles. The lowest BCUT2D eigenvalue weighted by molar-refractivity contribution is 0.188. The van der Waals surface area contributed by atoms with Crippen LogP contribution in [-0.2, 0) is 6.42 Å². The van der Waals surface area contributed by atoms with Gasteiger partial charge in [0.05, 0.1) is 6.61 Å². The second-order valence-electron chi connectivity index (χ2n) is 8.65. The van der Waals surface area contributed by atoms with Gasteiger partial charge in [0.1, 0.15) is 0 Å². The molecule has 4 rings (SSSR count). The first-order valence-electron chi connectivity index (χ1n) is 11.2. The Morgan fingerprint density at radius 1 is 0.727 bits per heavy atom. The van der Waals surface area contributed by atoms with Crippen molar-refractivity contribution in [3.63, 3.8) is 0 Å². The van der Waals surface area contributed by atoms with E-state index in [2.05, 4.69) is 0 Å². The molecule has 0 heterocycles. The summed E-state index contributed by atoms with van der Waals surface area (Å²) in [6.45, 7) is 2.11. The number of halogens is 5. The molecule has 0 saturated heterocycles. The van der Waals surface area contributed by atoms with E-state index in [9.17, 15) is 22.0 Å². The first kappa shape index (κ1) is 23.3. The van der Waals surface area contributed by atoms with E-state index in [0.717, 1.165) is 43.4 Å². The van der Waals surface area contributed by atoms with E-state index < -0.39 is 29.1 Å². The van der Waals surface area contributed by atoms with Crippen LogP contribution >= 0.6 is 0 Å². The van der Waals surface area contributed by atoms with Gasteiger partial charge in [0, 0.05) is 0 Å². The molecule has 0 bridgehead atoms. The summed E-state index contributed by atoms with van der Waals surface area (Å²) in [6, 6.07) is 12.0. The maximum atomic E-state index is 14.1. The molecule has 0 aliphatic heterocycles. The number of hydrogen-bond donors (Lipinski definition) is 0. The highest BCUT2D eigenvalue weighted by Crippen LogP contribution is 2.37. The summed E-state index contributed by atoms with van der Waals surface area (Å²) in [5.41, 5.74) is 2.61. The number of rotatable bonds is 6. The minimum Gasteiger partial charge on any atom is -0.487 e. The molecule has 0 aromatic heterocycles. The Balaban J connectivity index is 1.34. The van der Waals surface area contributed by atoms with Gasteiger partial charge in [-0.1, -0.05) is 31.2 Å². The predicted octanol–water partition coefficient (Wildman–Crippen LogP) is 7.96. The van der Waals surface area contributed by atoms with Crippen molar-refractivity contribution in [1.29, 1.82) is 0 Å². The summed E-state index contributed by atoms with van der Waals surface area (Å²) in [5, 5.41) is 0. The van der Waals surface area contributed by atoms with Crippen LogP contribution in [0.4, 0.5) is 22.0 Å². The highest BCUT2D eigenvalue weighted by atomic mass is 19.2. The van der Waals surface area contributed by atoms with E-state index in [1.54, 1.807) is 12.1 Å². The minimum absolute atomic E-state index is 0.218. The number of ether oxygens (including phenoxy) is 1. The lowest BCUT2D eigenvalue weighted by atomic mass is 9.79. The zero-order valence-corrected chi connectivity index (χ0v) is 18.3. The zero-order valence-electron chi connectivity index (χ0n) is 18.3. The van der Waals surface area contributed by atoms with E-state index in [1.807, 2.05) is 19.1 Å². The van der Waals surface area contributed by atoms with Crippen molar-refractivity contribution < 1.29 is 26.7 Å². The van der Waals surface area contributed by atoms with Crippen LogP contribution < -0.4 is 4.74 Å². The Morgan fingerprint density at radius 3 is 1.85 bits per heavy atom. The smallest absolute Gasteiger partial charge is 0.194 e. The zero-order chi connectivity index (χ0) is 23.5. The van der Waals surface area contributed by atoms with E-state index in [0.29, 0.717) is 23.5 Å². The van der Waals surface area contributed by atoms with Crippen LogP contribution in [0.2, 0.25) is 0 Å². The van der Waals surface area contributed by atoms with E-state index in [1.165, 1.54) is 12.1 Å². The van der Waals surface area contributed by atoms with Gasteiger partial charge in [-0.15, -0.1) is 0 Å². The van der Waals surface area contributed by atoms with E-state index in [-0.39, 0.29) is 23.8 Å². The van der Waals surface area contributed by atoms with Crippen molar-refractivity contribution in [2.24, 2.45) is 5.92 Å². The molecule has 3 aromatic carbocycles. The van der Waals surface area contributed by atoms with Gasteiger partial charge in [-0.25, -0.2) is 22.0 Å². The van der Waals surface area contributed by atoms with Crippen LogP contribution in [0, 0.1) is 35.0 Å². The summed E-state index contributed by atoms with van der Waals surface area (Å²) < 4.78 is 74.0. The number of hydrogen-bond acceptors (Lipinski definition) is 1. The van der Waals surface area contributed by atoms with E-state index >= 15 is 0 Å². The molecule has 6 heteroatoms. The maximum Gasteiger partial charge on any atom is 0.194 e. The first-order chi connectivity index (χ1) is 15.9. The van der Waals surface area contributed by atoms with Gasteiger partial charge in [0.25, 0.3) is 0 Å². The first-order valence-corrected chi connectivity index (χ1v) is 11.2. The molecule has 174 valence electrons. The van der Waals surface area contributed by atoms with Crippen molar-refractivity contribution in [3.05, 3.63) is 88.7 Å². The lowest BCUT2D eigenvalue weighted by Crippen LogP contribution is -2.20. The van der Waals surface area contributed by atoms with Crippen LogP contribution in [0.1, 0.15) is 49.7 Å². The topological polar surface area (TPSA) is 9.23 Å². The Hall–Kier alpha value is -2.89. The van der Waals surface area contributed by atoms with Crippen LogP contribution in [0.15, 0.2) is 48.5 Å². The average molecular weight is 460 g/mol. The standard InChI is InChI=1S/C27H25F5O/c1-2-16-11-24(30)27(25(31)12-16)33-15-17-3-5-18(6-4-17)19-7-9-20(10-8-19)21-13-22(28)26(32)23(29)14-21/h7-14,17-18H,2-6,15H2,1H3. The van der Waals surface area contributed by atoms with Gasteiger partial charge in [0.2, 0.25) is 0 Å². The highest BCUT2D eigenvalue weighted by Gasteiger charge is 2.24. The number of aryl methyl sites for hydroxylation is 1. The van der Waals surface area contributed by atoms with Gasteiger partial charge in [-0.3, -0.25) is 0 Å². The van der Waals surface area contributed by atoms with Gasteiger partial charge in [-0.05, 0) is 90.5 Å². The Bertz CT molecular complexity index is 1070. The fourth-order valence-corrected chi connectivity index (χ4v) is 4.49. The molecule has 0 radical (unpaired) electrons. The molecular formula is C27H25F5O. The average Bonchev–Trinajstić information content (AvgIpc) is 2.82. The van der Waals surface area contributed by atoms with Crippen molar-refractivity contribution in [3.8, 4) is 16.9 Å². The quantitative estimate of drug-likeness (QED) is 0.268. The highest BCUT2D eigenvalue weighted by molar-refractivity contribution is 5.64. The monoisotopic (exact) mass is 460 g/mol. The molecule has 0 amide bonds. The Labute approximate surface area is 190 Å². The van der Waals surface area contributed by atoms with Crippen molar-refractivity contribution in [1.82, 2.24) is 0 Å². The van der Waals surface area contributed by atoms with Crippen LogP contribution in [0.3, 0.4) is 0 Å². The third-order valence-electron chi connectivity index (χ3n) is 6.48. The molecular weight excluding hydrogens is 435 g/mol. The molecule has 33 heavy (non-hydrogen) atoms. The molecule has 3 aromatic rings. The second kappa shape index (κ2) is 9.94. The molecule has 1 nitrogen and oxygen atoms in total. The molecule has 0 spiro atoms. The van der Waals surface area contributed by atoms with Crippen molar-refractivity contribution in [2.75, 3.05) is 6.61 Å². The van der Waals surface area contributed by atoms with Gasteiger partial charge in [-0.2, -0.15) is 0 Å².